The van der Waals surface area contributed by atoms with Gasteiger partial charge in [-0.1, -0.05) is 26.0 Å². The topological polar surface area (TPSA) is 97.0 Å². The number of carbonyl (C=O) groups excluding carboxylic acids is 1. The summed E-state index contributed by atoms with van der Waals surface area (Å²) in [5.41, 5.74) is 1.78. The molecule has 180 valence electrons. The summed E-state index contributed by atoms with van der Waals surface area (Å²) in [4.78, 5) is 15.1. The maximum Gasteiger partial charge on any atom is 0.242 e. The van der Waals surface area contributed by atoms with Gasteiger partial charge in [-0.2, -0.15) is 4.72 Å². The summed E-state index contributed by atoms with van der Waals surface area (Å²) in [6.07, 6.45) is 1.63. The molecule has 0 aliphatic carbocycles. The smallest absolute Gasteiger partial charge is 0.242 e. The van der Waals surface area contributed by atoms with E-state index in [0.717, 1.165) is 24.9 Å². The fourth-order valence-electron chi connectivity index (χ4n) is 3.37. The van der Waals surface area contributed by atoms with Crippen LogP contribution in [-0.4, -0.2) is 59.1 Å². The molecule has 0 spiro atoms. The van der Waals surface area contributed by atoms with Gasteiger partial charge in [0, 0.05) is 24.7 Å². The molecule has 1 heterocycles. The van der Waals surface area contributed by atoms with Gasteiger partial charge >= 0.3 is 0 Å². The van der Waals surface area contributed by atoms with Gasteiger partial charge in [0.05, 0.1) is 18.1 Å². The third-order valence-electron chi connectivity index (χ3n) is 5.33. The van der Waals surface area contributed by atoms with Crippen molar-refractivity contribution in [2.24, 2.45) is 5.92 Å². The number of fused-ring (bicyclic) bond motifs is 1. The predicted octanol–water partition coefficient (Wildman–Crippen LogP) is 2.89. The number of likely N-dealkylation sites (N-methyl/N-ethyl adjacent to an activating group) is 1. The van der Waals surface area contributed by atoms with E-state index in [1.54, 1.807) is 19.9 Å². The van der Waals surface area contributed by atoms with Crippen LogP contribution in [0.5, 0.6) is 11.5 Å². The number of nitrogens with zero attached hydrogens (tertiary/aromatic N) is 1. The Morgan fingerprint density at radius 3 is 2.33 bits per heavy atom. The van der Waals surface area contributed by atoms with Crippen molar-refractivity contribution in [3.8, 4) is 11.5 Å². The van der Waals surface area contributed by atoms with Crippen molar-refractivity contribution in [2.45, 2.75) is 37.6 Å². The first kappa shape index (κ1) is 25.0. The van der Waals surface area contributed by atoms with Crippen LogP contribution in [0.15, 0.2) is 47.4 Å². The number of amides is 1. The Labute approximate surface area is 196 Å². The van der Waals surface area contributed by atoms with E-state index in [0.29, 0.717) is 30.4 Å². The lowest BCUT2D eigenvalue weighted by Crippen LogP contribution is -2.47. The van der Waals surface area contributed by atoms with Gasteiger partial charge in [-0.3, -0.25) is 4.79 Å². The highest BCUT2D eigenvalue weighted by Gasteiger charge is 2.29. The van der Waals surface area contributed by atoms with Crippen LogP contribution in [-0.2, 0) is 21.2 Å². The third-order valence-corrected chi connectivity index (χ3v) is 6.77. The number of benzene rings is 2. The molecule has 2 aromatic rings. The van der Waals surface area contributed by atoms with Gasteiger partial charge in [0.25, 0.3) is 0 Å². The standard InChI is InChI=1S/C24H33N3O5S/c1-17(2)23(24(28)25-19-8-6-18(7-9-19)12-13-27(3)4)26-33(29,30)20-10-11-21-22(16-20)32-15-5-14-31-21/h6-11,16-17,23,26H,5,12-15H2,1-4H3,(H,25,28). The summed E-state index contributed by atoms with van der Waals surface area (Å²) < 4.78 is 39.8. The van der Waals surface area contributed by atoms with Crippen LogP contribution in [0, 0.1) is 5.92 Å². The van der Waals surface area contributed by atoms with E-state index < -0.39 is 22.0 Å². The quantitative estimate of drug-likeness (QED) is 0.579. The van der Waals surface area contributed by atoms with Crippen LogP contribution in [0.3, 0.4) is 0 Å². The first-order chi connectivity index (χ1) is 15.7. The molecule has 2 N–H and O–H groups in total. The highest BCUT2D eigenvalue weighted by atomic mass is 32.2. The number of anilines is 1. The Kier molecular flexibility index (Phi) is 8.34. The van der Waals surface area contributed by atoms with Gasteiger partial charge in [-0.25, -0.2) is 8.42 Å². The second-order valence-corrected chi connectivity index (χ2v) is 10.5. The minimum absolute atomic E-state index is 0.0236. The molecule has 0 aromatic heterocycles. The van der Waals surface area contributed by atoms with E-state index in [-0.39, 0.29) is 10.8 Å². The summed E-state index contributed by atoms with van der Waals surface area (Å²) in [6.45, 7) is 5.50. The van der Waals surface area contributed by atoms with Crippen molar-refractivity contribution < 1.29 is 22.7 Å². The van der Waals surface area contributed by atoms with Gasteiger partial charge < -0.3 is 19.7 Å². The van der Waals surface area contributed by atoms with E-state index in [1.807, 2.05) is 38.4 Å². The molecular weight excluding hydrogens is 442 g/mol. The molecule has 1 amide bonds. The summed E-state index contributed by atoms with van der Waals surface area (Å²) in [5.74, 6) is 0.220. The van der Waals surface area contributed by atoms with Crippen molar-refractivity contribution in [2.75, 3.05) is 39.2 Å². The van der Waals surface area contributed by atoms with Crippen molar-refractivity contribution in [3.63, 3.8) is 0 Å². The molecule has 1 unspecified atom stereocenters. The minimum atomic E-state index is -3.96. The maximum absolute atomic E-state index is 13.1. The first-order valence-electron chi connectivity index (χ1n) is 11.1. The monoisotopic (exact) mass is 475 g/mol. The predicted molar refractivity (Wildman–Crippen MR) is 128 cm³/mol. The largest absolute Gasteiger partial charge is 0.490 e. The van der Waals surface area contributed by atoms with Crippen LogP contribution in [0.25, 0.3) is 0 Å². The van der Waals surface area contributed by atoms with Gasteiger partial charge in [-0.15, -0.1) is 0 Å². The average Bonchev–Trinajstić information content (AvgIpc) is 3.01. The fraction of sp³-hybridized carbons (Fsp3) is 0.458. The number of sulfonamides is 1. The zero-order valence-corrected chi connectivity index (χ0v) is 20.4. The lowest BCUT2D eigenvalue weighted by Gasteiger charge is -2.22. The third kappa shape index (κ3) is 6.93. The molecule has 2 aromatic carbocycles. The van der Waals surface area contributed by atoms with Gasteiger partial charge in [0.1, 0.15) is 6.04 Å². The van der Waals surface area contributed by atoms with Crippen LogP contribution in [0.2, 0.25) is 0 Å². The summed E-state index contributed by atoms with van der Waals surface area (Å²) in [6, 6.07) is 11.1. The van der Waals surface area contributed by atoms with Crippen LogP contribution in [0.4, 0.5) is 5.69 Å². The molecule has 0 saturated carbocycles. The van der Waals surface area contributed by atoms with E-state index in [1.165, 1.54) is 12.1 Å². The van der Waals surface area contributed by atoms with Crippen LogP contribution < -0.4 is 19.5 Å². The molecule has 1 aliphatic heterocycles. The van der Waals surface area contributed by atoms with E-state index in [2.05, 4.69) is 14.9 Å². The van der Waals surface area contributed by atoms with Crippen molar-refractivity contribution in [1.82, 2.24) is 9.62 Å². The van der Waals surface area contributed by atoms with Crippen LogP contribution >= 0.6 is 0 Å². The Hall–Kier alpha value is -2.62. The SMILES string of the molecule is CC(C)C(NS(=O)(=O)c1ccc2c(c1)OCCCO2)C(=O)Nc1ccc(CCN(C)C)cc1. The summed E-state index contributed by atoms with van der Waals surface area (Å²) >= 11 is 0. The molecule has 0 radical (unpaired) electrons. The summed E-state index contributed by atoms with van der Waals surface area (Å²) in [5, 5.41) is 2.83. The highest BCUT2D eigenvalue weighted by molar-refractivity contribution is 7.89. The first-order valence-corrected chi connectivity index (χ1v) is 12.6. The molecular formula is C24H33N3O5S. The van der Waals surface area contributed by atoms with E-state index in [4.69, 9.17) is 9.47 Å². The molecule has 3 rings (SSSR count). The van der Waals surface area contributed by atoms with Crippen molar-refractivity contribution in [3.05, 3.63) is 48.0 Å². The zero-order valence-electron chi connectivity index (χ0n) is 19.6. The lowest BCUT2D eigenvalue weighted by atomic mass is 10.0. The molecule has 1 atom stereocenters. The highest BCUT2D eigenvalue weighted by Crippen LogP contribution is 2.32. The molecule has 0 fully saturated rings. The number of ether oxygens (including phenoxy) is 2. The Bertz CT molecular complexity index is 1050. The molecule has 0 bridgehead atoms. The normalized spacial score (nSPS) is 14.7. The van der Waals surface area contributed by atoms with Crippen LogP contribution in [0.1, 0.15) is 25.8 Å². The number of hydrogen-bond donors (Lipinski definition) is 2. The van der Waals surface area contributed by atoms with E-state index in [9.17, 15) is 13.2 Å². The average molecular weight is 476 g/mol. The lowest BCUT2D eigenvalue weighted by molar-refractivity contribution is -0.118. The second-order valence-electron chi connectivity index (χ2n) is 8.74. The molecule has 9 heteroatoms. The fourth-order valence-corrected chi connectivity index (χ4v) is 4.72. The van der Waals surface area contributed by atoms with Gasteiger partial charge in [0.2, 0.25) is 15.9 Å². The number of nitrogens with one attached hydrogen (secondary N) is 2. The molecule has 8 nitrogen and oxygen atoms in total. The summed E-state index contributed by atoms with van der Waals surface area (Å²) in [7, 11) is 0.0833. The Morgan fingerprint density at radius 1 is 1.03 bits per heavy atom. The van der Waals surface area contributed by atoms with Crippen molar-refractivity contribution >= 4 is 21.6 Å². The maximum atomic E-state index is 13.1. The van der Waals surface area contributed by atoms with Crippen molar-refractivity contribution in [1.29, 1.82) is 0 Å². The second kappa shape index (κ2) is 11.0. The Morgan fingerprint density at radius 2 is 1.70 bits per heavy atom. The van der Waals surface area contributed by atoms with Gasteiger partial charge in [-0.05, 0) is 56.3 Å². The Balaban J connectivity index is 1.70. The minimum Gasteiger partial charge on any atom is -0.490 e. The van der Waals surface area contributed by atoms with Gasteiger partial charge in [0.15, 0.2) is 11.5 Å². The molecule has 0 saturated heterocycles. The number of hydrogen-bond acceptors (Lipinski definition) is 6. The molecule has 33 heavy (non-hydrogen) atoms. The molecule has 1 aliphatic rings. The zero-order chi connectivity index (χ0) is 24.0. The number of rotatable bonds is 9. The number of carbonyl (C=O) groups is 1. The van der Waals surface area contributed by atoms with E-state index >= 15 is 0 Å².